The van der Waals surface area contributed by atoms with Crippen molar-refractivity contribution < 1.29 is 9.18 Å². The zero-order chi connectivity index (χ0) is 19.7. The van der Waals surface area contributed by atoms with E-state index in [1.807, 2.05) is 13.0 Å². The van der Waals surface area contributed by atoms with E-state index >= 15 is 0 Å². The van der Waals surface area contributed by atoms with Crippen molar-refractivity contribution in [2.75, 3.05) is 37.6 Å². The van der Waals surface area contributed by atoms with Gasteiger partial charge >= 0.3 is 0 Å². The first kappa shape index (κ1) is 18.9. The molecule has 150 valence electrons. The third kappa shape index (κ3) is 3.63. The molecule has 1 saturated heterocycles. The Labute approximate surface area is 165 Å². The van der Waals surface area contributed by atoms with Crippen LogP contribution in [0.5, 0.6) is 0 Å². The number of halogens is 1. The highest BCUT2D eigenvalue weighted by molar-refractivity contribution is 5.94. The summed E-state index contributed by atoms with van der Waals surface area (Å²) < 4.78 is 14.0. The van der Waals surface area contributed by atoms with Crippen LogP contribution in [0.3, 0.4) is 0 Å². The molecule has 0 radical (unpaired) electrons. The van der Waals surface area contributed by atoms with Crippen LogP contribution < -0.4 is 10.2 Å². The van der Waals surface area contributed by atoms with E-state index in [9.17, 15) is 9.18 Å². The van der Waals surface area contributed by atoms with Gasteiger partial charge < -0.3 is 15.1 Å². The van der Waals surface area contributed by atoms with Crippen molar-refractivity contribution in [2.45, 2.75) is 39.2 Å². The first-order valence-electron chi connectivity index (χ1n) is 10.2. The molecule has 7 heteroatoms. The summed E-state index contributed by atoms with van der Waals surface area (Å²) in [5.41, 5.74) is 4.38. The molecule has 1 atom stereocenters. The number of anilines is 1. The number of amides is 1. The van der Waals surface area contributed by atoms with Crippen LogP contribution in [-0.2, 0) is 12.8 Å². The molecule has 1 unspecified atom stereocenters. The van der Waals surface area contributed by atoms with Crippen LogP contribution in [0.1, 0.15) is 53.6 Å². The average Bonchev–Trinajstić information content (AvgIpc) is 3.31. The van der Waals surface area contributed by atoms with Gasteiger partial charge in [-0.25, -0.2) is 4.39 Å². The van der Waals surface area contributed by atoms with Gasteiger partial charge in [0.2, 0.25) is 0 Å². The standard InChI is InChI=1S/C21H28FN5O/c1-3-26-9-11-27(12-10-26)19-8-7-15(22)13-17(19)14(2)23-21(28)20-16-5-4-6-18(16)24-25-20/h7-8,13-14H,3-6,9-12H2,1-2H3,(H,23,28)(H,24,25). The number of nitrogens with zero attached hydrogens (tertiary/aromatic N) is 3. The molecule has 0 saturated carbocycles. The number of hydrogen-bond acceptors (Lipinski definition) is 4. The molecule has 2 N–H and O–H groups in total. The number of hydrogen-bond donors (Lipinski definition) is 2. The van der Waals surface area contributed by atoms with Gasteiger partial charge in [-0.05, 0) is 50.9 Å². The van der Waals surface area contributed by atoms with Crippen LogP contribution in [0.4, 0.5) is 10.1 Å². The van der Waals surface area contributed by atoms with Crippen LogP contribution in [0.15, 0.2) is 18.2 Å². The number of aromatic amines is 1. The molecule has 4 rings (SSSR count). The maximum atomic E-state index is 14.0. The van der Waals surface area contributed by atoms with Gasteiger partial charge in [0.05, 0.1) is 6.04 Å². The lowest BCUT2D eigenvalue weighted by atomic mass is 10.0. The average molecular weight is 385 g/mol. The van der Waals surface area contributed by atoms with Crippen molar-refractivity contribution in [2.24, 2.45) is 0 Å². The molecule has 0 spiro atoms. The number of nitrogens with one attached hydrogen (secondary N) is 2. The molecule has 2 aliphatic rings. The lowest BCUT2D eigenvalue weighted by molar-refractivity contribution is 0.0934. The third-order valence-corrected chi connectivity index (χ3v) is 5.99. The van der Waals surface area contributed by atoms with Crippen molar-refractivity contribution in [3.63, 3.8) is 0 Å². The van der Waals surface area contributed by atoms with Crippen molar-refractivity contribution in [3.8, 4) is 0 Å². The van der Waals surface area contributed by atoms with E-state index in [2.05, 4.69) is 32.2 Å². The van der Waals surface area contributed by atoms with Crippen LogP contribution in [0.25, 0.3) is 0 Å². The number of benzene rings is 1. The number of aryl methyl sites for hydroxylation is 1. The van der Waals surface area contributed by atoms with Gasteiger partial charge in [0, 0.05) is 48.7 Å². The normalized spacial score (nSPS) is 18.2. The van der Waals surface area contributed by atoms with Crippen molar-refractivity contribution >= 4 is 11.6 Å². The number of rotatable bonds is 5. The second-order valence-corrected chi connectivity index (χ2v) is 7.70. The SMILES string of the molecule is CCN1CCN(c2ccc(F)cc2C(C)NC(=O)c2n[nH]c3c2CCC3)CC1. The molecule has 1 amide bonds. The topological polar surface area (TPSA) is 64.3 Å². The largest absolute Gasteiger partial charge is 0.369 e. The van der Waals surface area contributed by atoms with Crippen LogP contribution in [0, 0.1) is 5.82 Å². The first-order valence-corrected chi connectivity index (χ1v) is 10.2. The van der Waals surface area contributed by atoms with E-state index in [1.165, 1.54) is 6.07 Å². The van der Waals surface area contributed by atoms with E-state index in [0.29, 0.717) is 5.69 Å². The summed E-state index contributed by atoms with van der Waals surface area (Å²) in [6.45, 7) is 8.92. The summed E-state index contributed by atoms with van der Waals surface area (Å²) in [4.78, 5) is 17.5. The number of aromatic nitrogens is 2. The van der Waals surface area contributed by atoms with E-state index < -0.39 is 0 Å². The van der Waals surface area contributed by atoms with Gasteiger partial charge in [-0.15, -0.1) is 0 Å². The van der Waals surface area contributed by atoms with E-state index in [4.69, 9.17) is 0 Å². The Morgan fingerprint density at radius 2 is 2.07 bits per heavy atom. The predicted octanol–water partition coefficient (Wildman–Crippen LogP) is 2.67. The van der Waals surface area contributed by atoms with Crippen LogP contribution in [0.2, 0.25) is 0 Å². The molecule has 1 fully saturated rings. The Balaban J connectivity index is 1.52. The summed E-state index contributed by atoms with van der Waals surface area (Å²) in [5.74, 6) is -0.481. The highest BCUT2D eigenvalue weighted by Gasteiger charge is 2.26. The number of piperazine rings is 1. The fourth-order valence-electron chi connectivity index (χ4n) is 4.32. The summed E-state index contributed by atoms with van der Waals surface area (Å²) in [6, 6.07) is 4.57. The minimum Gasteiger partial charge on any atom is -0.369 e. The first-order chi connectivity index (χ1) is 13.6. The maximum Gasteiger partial charge on any atom is 0.272 e. The molecule has 1 aliphatic carbocycles. The summed E-state index contributed by atoms with van der Waals surface area (Å²) >= 11 is 0. The number of carbonyl (C=O) groups is 1. The highest BCUT2D eigenvalue weighted by atomic mass is 19.1. The minimum absolute atomic E-state index is 0.196. The fourth-order valence-corrected chi connectivity index (χ4v) is 4.32. The quantitative estimate of drug-likeness (QED) is 0.831. The monoisotopic (exact) mass is 385 g/mol. The van der Waals surface area contributed by atoms with Gasteiger partial charge in [0.1, 0.15) is 5.82 Å². The molecular formula is C21H28FN5O. The van der Waals surface area contributed by atoms with Gasteiger partial charge in [-0.2, -0.15) is 5.10 Å². The van der Waals surface area contributed by atoms with Gasteiger partial charge in [0.15, 0.2) is 5.69 Å². The molecule has 1 aromatic heterocycles. The van der Waals surface area contributed by atoms with Gasteiger partial charge in [0.25, 0.3) is 5.91 Å². The molecular weight excluding hydrogens is 357 g/mol. The lowest BCUT2D eigenvalue weighted by Crippen LogP contribution is -2.46. The highest BCUT2D eigenvalue weighted by Crippen LogP contribution is 2.29. The number of carbonyl (C=O) groups excluding carboxylic acids is 1. The van der Waals surface area contributed by atoms with Gasteiger partial charge in [-0.3, -0.25) is 9.89 Å². The Kier molecular flexibility index (Phi) is 5.35. The Morgan fingerprint density at radius 1 is 1.29 bits per heavy atom. The van der Waals surface area contributed by atoms with Crippen molar-refractivity contribution in [1.82, 2.24) is 20.4 Å². The molecule has 1 aliphatic heterocycles. The molecule has 6 nitrogen and oxygen atoms in total. The Bertz CT molecular complexity index is 856. The Morgan fingerprint density at radius 3 is 2.82 bits per heavy atom. The molecule has 0 bridgehead atoms. The summed E-state index contributed by atoms with van der Waals surface area (Å²) in [6.07, 6.45) is 2.89. The van der Waals surface area contributed by atoms with E-state index in [1.54, 1.807) is 6.07 Å². The lowest BCUT2D eigenvalue weighted by Gasteiger charge is -2.37. The van der Waals surface area contributed by atoms with Crippen LogP contribution >= 0.6 is 0 Å². The third-order valence-electron chi connectivity index (χ3n) is 5.99. The van der Waals surface area contributed by atoms with Gasteiger partial charge in [-0.1, -0.05) is 6.92 Å². The Hall–Kier alpha value is -2.41. The summed E-state index contributed by atoms with van der Waals surface area (Å²) in [5, 5.41) is 10.2. The number of H-pyrrole nitrogens is 1. The van der Waals surface area contributed by atoms with Crippen molar-refractivity contribution in [1.29, 1.82) is 0 Å². The van der Waals surface area contributed by atoms with Crippen LogP contribution in [-0.4, -0.2) is 53.7 Å². The number of fused-ring (bicyclic) bond motifs is 1. The fraction of sp³-hybridized carbons (Fsp3) is 0.524. The second kappa shape index (κ2) is 7.91. The molecule has 2 heterocycles. The molecule has 28 heavy (non-hydrogen) atoms. The zero-order valence-electron chi connectivity index (χ0n) is 16.6. The van der Waals surface area contributed by atoms with E-state index in [-0.39, 0.29) is 17.8 Å². The van der Waals surface area contributed by atoms with Crippen molar-refractivity contribution in [3.05, 3.63) is 46.5 Å². The zero-order valence-corrected chi connectivity index (χ0v) is 16.6. The molecule has 2 aromatic rings. The number of likely N-dealkylation sites (N-methyl/N-ethyl adjacent to an activating group) is 1. The summed E-state index contributed by atoms with van der Waals surface area (Å²) in [7, 11) is 0. The van der Waals surface area contributed by atoms with E-state index in [0.717, 1.165) is 74.5 Å². The smallest absolute Gasteiger partial charge is 0.272 e. The molecule has 1 aromatic carbocycles. The predicted molar refractivity (Wildman–Crippen MR) is 107 cm³/mol. The maximum absolute atomic E-state index is 14.0. The second-order valence-electron chi connectivity index (χ2n) is 7.70. The minimum atomic E-state index is -0.309.